The van der Waals surface area contributed by atoms with E-state index in [0.717, 1.165) is 11.3 Å². The number of thiazole rings is 1. The van der Waals surface area contributed by atoms with E-state index in [1.165, 1.54) is 44.1 Å². The molecule has 0 unspecified atom stereocenters. The van der Waals surface area contributed by atoms with Gasteiger partial charge < -0.3 is 23.4 Å². The van der Waals surface area contributed by atoms with Crippen molar-refractivity contribution in [2.45, 2.75) is 19.9 Å². The van der Waals surface area contributed by atoms with Crippen LogP contribution in [0.1, 0.15) is 31.2 Å². The van der Waals surface area contributed by atoms with E-state index in [1.54, 1.807) is 50.3 Å². The molecule has 2 aromatic heterocycles. The maximum atomic E-state index is 13.9. The number of nitro benzene ring substituents is 1. The minimum absolute atomic E-state index is 0.116. The molecule has 1 atom stereocenters. The van der Waals surface area contributed by atoms with Gasteiger partial charge in [0.2, 0.25) is 0 Å². The van der Waals surface area contributed by atoms with Crippen LogP contribution in [0, 0.1) is 10.1 Å². The number of methoxy groups -OCH3 is 3. The van der Waals surface area contributed by atoms with Crippen LogP contribution in [0.4, 0.5) is 5.69 Å². The Bertz CT molecular complexity index is 1950. The Labute approximate surface area is 248 Å². The van der Waals surface area contributed by atoms with Gasteiger partial charge in [-0.2, -0.15) is 0 Å². The number of rotatable bonds is 9. The van der Waals surface area contributed by atoms with Gasteiger partial charge in [0.1, 0.15) is 17.3 Å². The van der Waals surface area contributed by atoms with E-state index >= 15 is 0 Å². The second kappa shape index (κ2) is 12.0. The molecule has 0 saturated carbocycles. The molecule has 4 aromatic rings. The average Bonchev–Trinajstić information content (AvgIpc) is 3.59. The Balaban J connectivity index is 1.63. The Hall–Kier alpha value is -5.17. The second-order valence-electron chi connectivity index (χ2n) is 9.26. The van der Waals surface area contributed by atoms with Crippen LogP contribution in [0.2, 0.25) is 0 Å². The van der Waals surface area contributed by atoms with E-state index in [4.69, 9.17) is 23.4 Å². The Morgan fingerprint density at radius 3 is 2.49 bits per heavy atom. The molecule has 0 aliphatic carbocycles. The fourth-order valence-electron chi connectivity index (χ4n) is 4.83. The standard InChI is InChI=1S/C30H27N3O9S/c1-6-41-29(35)26-16(2)31-30-32(27(26)17-7-11-22(38-3)24(13-17)40-5)28(34)25(43-30)15-19-9-12-21(42-19)20-10-8-18(33(36)37)14-23(20)39-4/h7-15,27H,6H2,1-5H3/b25-15-/t27-/m0/s1. The van der Waals surface area contributed by atoms with Crippen LogP contribution < -0.4 is 29.1 Å². The van der Waals surface area contributed by atoms with Crippen molar-refractivity contribution in [2.24, 2.45) is 4.99 Å². The summed E-state index contributed by atoms with van der Waals surface area (Å²) in [5.41, 5.74) is 1.28. The van der Waals surface area contributed by atoms with Gasteiger partial charge in [0.05, 0.1) is 66.3 Å². The van der Waals surface area contributed by atoms with E-state index in [9.17, 15) is 19.7 Å². The van der Waals surface area contributed by atoms with Crippen LogP contribution in [0.3, 0.4) is 0 Å². The van der Waals surface area contributed by atoms with Crippen LogP contribution in [0.25, 0.3) is 17.4 Å². The van der Waals surface area contributed by atoms with Gasteiger partial charge in [-0.25, -0.2) is 9.79 Å². The van der Waals surface area contributed by atoms with Crippen molar-refractivity contribution in [3.63, 3.8) is 0 Å². The highest BCUT2D eigenvalue weighted by atomic mass is 32.1. The summed E-state index contributed by atoms with van der Waals surface area (Å²) in [5.74, 6) is 1.39. The number of carbonyl (C=O) groups is 1. The molecule has 0 amide bonds. The molecule has 0 spiro atoms. The van der Waals surface area contributed by atoms with Crippen LogP contribution in [-0.2, 0) is 9.53 Å². The highest BCUT2D eigenvalue weighted by Crippen LogP contribution is 2.37. The number of nitrogens with zero attached hydrogens (tertiary/aromatic N) is 3. The highest BCUT2D eigenvalue weighted by molar-refractivity contribution is 7.07. The van der Waals surface area contributed by atoms with Crippen molar-refractivity contribution in [1.29, 1.82) is 0 Å². The highest BCUT2D eigenvalue weighted by Gasteiger charge is 2.34. The number of furan rings is 1. The summed E-state index contributed by atoms with van der Waals surface area (Å²) in [6, 6.07) is 11.9. The summed E-state index contributed by atoms with van der Waals surface area (Å²) < 4.78 is 29.3. The second-order valence-corrected chi connectivity index (χ2v) is 10.3. The van der Waals surface area contributed by atoms with Gasteiger partial charge in [-0.3, -0.25) is 19.5 Å². The van der Waals surface area contributed by atoms with Crippen molar-refractivity contribution >= 4 is 29.1 Å². The van der Waals surface area contributed by atoms with Gasteiger partial charge in [-0.05, 0) is 49.7 Å². The quantitative estimate of drug-likeness (QED) is 0.157. The van der Waals surface area contributed by atoms with Crippen LogP contribution in [0.5, 0.6) is 17.2 Å². The Kier molecular flexibility index (Phi) is 8.17. The zero-order valence-electron chi connectivity index (χ0n) is 23.9. The van der Waals surface area contributed by atoms with Crippen molar-refractivity contribution in [3.8, 4) is 28.6 Å². The minimum atomic E-state index is -0.839. The van der Waals surface area contributed by atoms with Crippen molar-refractivity contribution in [1.82, 2.24) is 4.57 Å². The molecule has 222 valence electrons. The largest absolute Gasteiger partial charge is 0.496 e. The zero-order chi connectivity index (χ0) is 30.8. The third-order valence-corrected chi connectivity index (χ3v) is 7.78. The summed E-state index contributed by atoms with van der Waals surface area (Å²) in [6.45, 7) is 3.56. The predicted octanol–water partition coefficient (Wildman–Crippen LogP) is 3.99. The van der Waals surface area contributed by atoms with Crippen molar-refractivity contribution in [3.05, 3.63) is 101 Å². The molecule has 1 aliphatic rings. The van der Waals surface area contributed by atoms with Crippen LogP contribution in [-0.4, -0.2) is 43.4 Å². The predicted molar refractivity (Wildman–Crippen MR) is 157 cm³/mol. The van der Waals surface area contributed by atoms with Gasteiger partial charge in [0, 0.05) is 12.1 Å². The van der Waals surface area contributed by atoms with Gasteiger partial charge in [-0.1, -0.05) is 17.4 Å². The molecule has 1 aliphatic heterocycles. The number of allylic oxidation sites excluding steroid dienone is 1. The molecule has 3 heterocycles. The molecule has 0 radical (unpaired) electrons. The number of nitro groups is 1. The summed E-state index contributed by atoms with van der Waals surface area (Å²) in [7, 11) is 4.44. The number of hydrogen-bond donors (Lipinski definition) is 0. The molecule has 12 nitrogen and oxygen atoms in total. The number of non-ortho nitro benzene ring substituents is 1. The summed E-state index contributed by atoms with van der Waals surface area (Å²) in [5, 5.41) is 11.2. The third-order valence-electron chi connectivity index (χ3n) is 6.80. The molecular weight excluding hydrogens is 578 g/mol. The number of fused-ring (bicyclic) bond motifs is 1. The molecule has 2 aromatic carbocycles. The molecule has 0 saturated heterocycles. The van der Waals surface area contributed by atoms with Crippen LogP contribution >= 0.6 is 11.3 Å². The molecule has 0 N–H and O–H groups in total. The van der Waals surface area contributed by atoms with Crippen LogP contribution in [0.15, 0.2) is 74.0 Å². The summed E-state index contributed by atoms with van der Waals surface area (Å²) in [4.78, 5) is 42.7. The monoisotopic (exact) mass is 605 g/mol. The van der Waals surface area contributed by atoms with Gasteiger partial charge in [-0.15, -0.1) is 0 Å². The number of hydrogen-bond acceptors (Lipinski definition) is 11. The van der Waals surface area contributed by atoms with Crippen molar-refractivity contribution < 1.29 is 33.1 Å². The smallest absolute Gasteiger partial charge is 0.338 e. The van der Waals surface area contributed by atoms with Crippen molar-refractivity contribution in [2.75, 3.05) is 27.9 Å². The lowest BCUT2D eigenvalue weighted by Gasteiger charge is -2.25. The topological polar surface area (TPSA) is 145 Å². The fourth-order valence-corrected chi connectivity index (χ4v) is 5.86. The molecule has 13 heteroatoms. The van der Waals surface area contributed by atoms with Gasteiger partial charge in [0.15, 0.2) is 16.3 Å². The Morgan fingerprint density at radius 2 is 1.81 bits per heavy atom. The first kappa shape index (κ1) is 29.3. The number of benzene rings is 2. The number of esters is 1. The first-order valence-corrected chi connectivity index (χ1v) is 13.9. The molecule has 0 fully saturated rings. The molecular formula is C30H27N3O9S. The van der Waals surface area contributed by atoms with E-state index < -0.39 is 16.9 Å². The van der Waals surface area contributed by atoms with Gasteiger partial charge >= 0.3 is 5.97 Å². The maximum absolute atomic E-state index is 13.9. The first-order valence-electron chi connectivity index (χ1n) is 13.0. The third kappa shape index (κ3) is 5.42. The summed E-state index contributed by atoms with van der Waals surface area (Å²) in [6.07, 6.45) is 1.58. The lowest BCUT2D eigenvalue weighted by atomic mass is 9.95. The molecule has 5 rings (SSSR count). The molecule has 0 bridgehead atoms. The lowest BCUT2D eigenvalue weighted by Crippen LogP contribution is -2.39. The molecule has 43 heavy (non-hydrogen) atoms. The Morgan fingerprint density at radius 1 is 1.07 bits per heavy atom. The SMILES string of the molecule is CCOC(=O)C1=C(C)N=c2s/c(=C\c3ccc(-c4ccc([N+](=O)[O-])cc4OC)o3)c(=O)n2[C@H]1c1ccc(OC)c(OC)c1. The zero-order valence-corrected chi connectivity index (χ0v) is 24.7. The number of carbonyl (C=O) groups excluding carboxylic acids is 1. The maximum Gasteiger partial charge on any atom is 0.338 e. The lowest BCUT2D eigenvalue weighted by molar-refractivity contribution is -0.384. The fraction of sp³-hybridized carbons (Fsp3) is 0.233. The average molecular weight is 606 g/mol. The first-order chi connectivity index (χ1) is 20.7. The van der Waals surface area contributed by atoms with Gasteiger partial charge in [0.25, 0.3) is 11.2 Å². The normalized spacial score (nSPS) is 14.6. The van der Waals surface area contributed by atoms with E-state index in [-0.39, 0.29) is 29.2 Å². The summed E-state index contributed by atoms with van der Waals surface area (Å²) >= 11 is 1.15. The van der Waals surface area contributed by atoms with E-state index in [1.807, 2.05) is 0 Å². The van der Waals surface area contributed by atoms with E-state index in [0.29, 0.717) is 49.2 Å². The van der Waals surface area contributed by atoms with E-state index in [2.05, 4.69) is 4.99 Å². The number of ether oxygens (including phenoxy) is 4. The minimum Gasteiger partial charge on any atom is -0.496 e. The number of aromatic nitrogens is 1.